The fraction of sp³-hybridized carbons (Fsp3) is 0.750. The molecule has 1 atom stereocenters. The molecule has 2 heterocycles. The first kappa shape index (κ1) is 15.3. The van der Waals surface area contributed by atoms with E-state index < -0.39 is 0 Å². The van der Waals surface area contributed by atoms with E-state index in [4.69, 9.17) is 4.74 Å². The minimum absolute atomic E-state index is 0.0265. The van der Waals surface area contributed by atoms with E-state index in [0.29, 0.717) is 0 Å². The summed E-state index contributed by atoms with van der Waals surface area (Å²) in [5.74, 6) is 0. The van der Waals surface area contributed by atoms with Gasteiger partial charge in [-0.05, 0) is 39.5 Å². The molecule has 6 nitrogen and oxygen atoms in total. The van der Waals surface area contributed by atoms with Crippen molar-refractivity contribution in [3.63, 3.8) is 0 Å². The van der Waals surface area contributed by atoms with Crippen molar-refractivity contribution in [1.82, 2.24) is 15.1 Å². The van der Waals surface area contributed by atoms with Gasteiger partial charge in [0.05, 0.1) is 17.5 Å². The zero-order valence-corrected chi connectivity index (χ0v) is 13.5. The first-order valence-electron chi connectivity index (χ1n) is 8.32. The third kappa shape index (κ3) is 3.43. The average molecular weight is 306 g/mol. The molecule has 1 aromatic rings. The van der Waals surface area contributed by atoms with Crippen LogP contribution in [0.15, 0.2) is 12.4 Å². The van der Waals surface area contributed by atoms with E-state index >= 15 is 0 Å². The van der Waals surface area contributed by atoms with E-state index in [0.717, 1.165) is 38.0 Å². The lowest BCUT2D eigenvalue weighted by atomic mass is 9.89. The number of amides is 2. The molecule has 2 fully saturated rings. The van der Waals surface area contributed by atoms with Crippen molar-refractivity contribution >= 4 is 11.7 Å². The minimum Gasteiger partial charge on any atom is -0.375 e. The smallest absolute Gasteiger partial charge is 0.319 e. The Morgan fingerprint density at radius 3 is 2.91 bits per heavy atom. The Kier molecular flexibility index (Phi) is 4.38. The van der Waals surface area contributed by atoms with E-state index in [1.165, 1.54) is 12.8 Å². The number of carbonyl (C=O) groups excluding carboxylic acids is 1. The summed E-state index contributed by atoms with van der Waals surface area (Å²) in [5, 5.41) is 10.2. The SMILES string of the molecule is CC(C)n1cc(NC(=O)N[C@H]2CCOC3(CCCC3)C2)cn1. The van der Waals surface area contributed by atoms with E-state index in [2.05, 4.69) is 29.6 Å². The van der Waals surface area contributed by atoms with Gasteiger partial charge >= 0.3 is 6.03 Å². The average Bonchev–Trinajstić information content (AvgIpc) is 3.09. The molecule has 0 bridgehead atoms. The van der Waals surface area contributed by atoms with E-state index in [1.54, 1.807) is 6.20 Å². The number of aromatic nitrogens is 2. The van der Waals surface area contributed by atoms with Crippen LogP contribution in [0.3, 0.4) is 0 Å². The van der Waals surface area contributed by atoms with Crippen LogP contribution in [0, 0.1) is 0 Å². The number of urea groups is 1. The number of ether oxygens (including phenoxy) is 1. The van der Waals surface area contributed by atoms with Crippen molar-refractivity contribution in [3.05, 3.63) is 12.4 Å². The van der Waals surface area contributed by atoms with Crippen LogP contribution in [-0.2, 0) is 4.74 Å². The van der Waals surface area contributed by atoms with Crippen LogP contribution < -0.4 is 10.6 Å². The van der Waals surface area contributed by atoms with Gasteiger partial charge in [0.2, 0.25) is 0 Å². The maximum Gasteiger partial charge on any atom is 0.319 e. The van der Waals surface area contributed by atoms with Crippen LogP contribution in [0.5, 0.6) is 0 Å². The molecule has 0 aromatic carbocycles. The molecule has 1 aliphatic heterocycles. The van der Waals surface area contributed by atoms with Gasteiger partial charge in [0.25, 0.3) is 0 Å². The lowest BCUT2D eigenvalue weighted by molar-refractivity contribution is -0.0818. The first-order chi connectivity index (χ1) is 10.6. The molecule has 2 N–H and O–H groups in total. The highest BCUT2D eigenvalue weighted by Crippen LogP contribution is 2.39. The molecular weight excluding hydrogens is 280 g/mol. The molecule has 0 radical (unpaired) electrons. The van der Waals surface area contributed by atoms with Gasteiger partial charge in [0, 0.05) is 24.9 Å². The highest BCUT2D eigenvalue weighted by molar-refractivity contribution is 5.89. The number of hydrogen-bond acceptors (Lipinski definition) is 3. The monoisotopic (exact) mass is 306 g/mol. The second-order valence-corrected chi connectivity index (χ2v) is 6.83. The van der Waals surface area contributed by atoms with Crippen molar-refractivity contribution in [2.75, 3.05) is 11.9 Å². The van der Waals surface area contributed by atoms with Gasteiger partial charge in [-0.1, -0.05) is 12.8 Å². The third-order valence-electron chi connectivity index (χ3n) is 4.73. The van der Waals surface area contributed by atoms with Crippen molar-refractivity contribution in [2.24, 2.45) is 0 Å². The lowest BCUT2D eigenvalue weighted by Gasteiger charge is -2.38. The summed E-state index contributed by atoms with van der Waals surface area (Å²) in [6.45, 7) is 4.86. The van der Waals surface area contributed by atoms with Crippen LogP contribution in [0.4, 0.5) is 10.5 Å². The third-order valence-corrected chi connectivity index (χ3v) is 4.73. The van der Waals surface area contributed by atoms with Gasteiger partial charge in [-0.25, -0.2) is 4.79 Å². The first-order valence-corrected chi connectivity index (χ1v) is 8.32. The van der Waals surface area contributed by atoms with Crippen molar-refractivity contribution in [1.29, 1.82) is 0 Å². The highest BCUT2D eigenvalue weighted by atomic mass is 16.5. The van der Waals surface area contributed by atoms with Gasteiger partial charge in [0.1, 0.15) is 0 Å². The van der Waals surface area contributed by atoms with Crippen molar-refractivity contribution in [3.8, 4) is 0 Å². The molecular formula is C16H26N4O2. The van der Waals surface area contributed by atoms with Gasteiger partial charge in [-0.15, -0.1) is 0 Å². The van der Waals surface area contributed by atoms with Crippen LogP contribution in [0.2, 0.25) is 0 Å². The van der Waals surface area contributed by atoms with Gasteiger partial charge in [0.15, 0.2) is 0 Å². The summed E-state index contributed by atoms with van der Waals surface area (Å²) < 4.78 is 7.83. The zero-order valence-electron chi connectivity index (χ0n) is 13.5. The highest BCUT2D eigenvalue weighted by Gasteiger charge is 2.40. The number of carbonyl (C=O) groups is 1. The van der Waals surface area contributed by atoms with Gasteiger partial charge < -0.3 is 15.4 Å². The standard InChI is InChI=1S/C16H26N4O2/c1-12(2)20-11-14(10-17-20)19-15(21)18-13-5-8-22-16(9-13)6-3-4-7-16/h10-13H,3-9H2,1-2H3,(H2,18,19,21)/t13-/m0/s1. The maximum atomic E-state index is 12.2. The zero-order chi connectivity index (χ0) is 15.6. The molecule has 0 unspecified atom stereocenters. The molecule has 1 spiro atoms. The summed E-state index contributed by atoms with van der Waals surface area (Å²) in [7, 11) is 0. The van der Waals surface area contributed by atoms with Crippen LogP contribution in [-0.4, -0.2) is 34.1 Å². The molecule has 1 aliphatic carbocycles. The number of hydrogen-bond donors (Lipinski definition) is 2. The number of rotatable bonds is 3. The largest absolute Gasteiger partial charge is 0.375 e. The molecule has 1 aromatic heterocycles. The Morgan fingerprint density at radius 2 is 2.23 bits per heavy atom. The Labute approximate surface area is 131 Å². The topological polar surface area (TPSA) is 68.2 Å². The number of anilines is 1. The molecule has 122 valence electrons. The predicted octanol–water partition coefficient (Wildman–Crippen LogP) is 3.08. The fourth-order valence-corrected chi connectivity index (χ4v) is 3.56. The fourth-order valence-electron chi connectivity index (χ4n) is 3.56. The summed E-state index contributed by atoms with van der Waals surface area (Å²) in [6.07, 6.45) is 10.1. The normalized spacial score (nSPS) is 23.9. The van der Waals surface area contributed by atoms with Crippen LogP contribution in [0.25, 0.3) is 0 Å². The van der Waals surface area contributed by atoms with E-state index in [9.17, 15) is 4.79 Å². The molecule has 22 heavy (non-hydrogen) atoms. The van der Waals surface area contributed by atoms with Crippen molar-refractivity contribution in [2.45, 2.75) is 70.1 Å². The van der Waals surface area contributed by atoms with Gasteiger partial charge in [-0.3, -0.25) is 4.68 Å². The molecule has 1 saturated carbocycles. The summed E-state index contributed by atoms with van der Waals surface area (Å²) in [6, 6.07) is 0.340. The van der Waals surface area contributed by atoms with Gasteiger partial charge in [-0.2, -0.15) is 5.10 Å². The quantitative estimate of drug-likeness (QED) is 0.901. The Bertz CT molecular complexity index is 520. The van der Waals surface area contributed by atoms with Crippen molar-refractivity contribution < 1.29 is 9.53 Å². The summed E-state index contributed by atoms with van der Waals surface area (Å²) in [4.78, 5) is 12.2. The lowest BCUT2D eigenvalue weighted by Crippen LogP contribution is -2.48. The summed E-state index contributed by atoms with van der Waals surface area (Å²) >= 11 is 0. The minimum atomic E-state index is -0.150. The molecule has 2 aliphatic rings. The van der Waals surface area contributed by atoms with Crippen LogP contribution >= 0.6 is 0 Å². The van der Waals surface area contributed by atoms with E-state index in [1.807, 2.05) is 10.9 Å². The molecule has 2 amide bonds. The second-order valence-electron chi connectivity index (χ2n) is 6.83. The Morgan fingerprint density at radius 1 is 1.45 bits per heavy atom. The summed E-state index contributed by atoms with van der Waals surface area (Å²) in [5.41, 5.74) is 0.757. The number of nitrogens with one attached hydrogen (secondary N) is 2. The molecule has 1 saturated heterocycles. The molecule has 3 rings (SSSR count). The molecule has 6 heteroatoms. The Balaban J connectivity index is 1.52. The maximum absolute atomic E-state index is 12.2. The Hall–Kier alpha value is -1.56. The predicted molar refractivity (Wildman–Crippen MR) is 84.9 cm³/mol. The van der Waals surface area contributed by atoms with E-state index in [-0.39, 0.29) is 23.7 Å². The number of nitrogens with zero attached hydrogens (tertiary/aromatic N) is 2. The second kappa shape index (κ2) is 6.28. The van der Waals surface area contributed by atoms with Crippen LogP contribution in [0.1, 0.15) is 58.4 Å².